The highest BCUT2D eigenvalue weighted by molar-refractivity contribution is 7.98. The molecule has 0 aliphatic carbocycles. The maximum Gasteiger partial charge on any atom is 0.259 e. The predicted molar refractivity (Wildman–Crippen MR) is 93.0 cm³/mol. The number of aromatic hydroxyl groups is 1. The van der Waals surface area contributed by atoms with Crippen molar-refractivity contribution >= 4 is 23.4 Å². The van der Waals surface area contributed by atoms with Crippen LogP contribution in [0.15, 0.2) is 47.4 Å². The summed E-state index contributed by atoms with van der Waals surface area (Å²) in [6.07, 6.45) is 1.99. The maximum atomic E-state index is 12.4. The highest BCUT2D eigenvalue weighted by Gasteiger charge is 2.18. The van der Waals surface area contributed by atoms with Gasteiger partial charge in [-0.1, -0.05) is 32.9 Å². The number of hydrogen-bond acceptors (Lipinski definition) is 3. The van der Waals surface area contributed by atoms with Gasteiger partial charge in [0.2, 0.25) is 0 Å². The molecular formula is C18H21NO2S. The van der Waals surface area contributed by atoms with E-state index in [0.29, 0.717) is 5.56 Å². The Morgan fingerprint density at radius 2 is 1.86 bits per heavy atom. The van der Waals surface area contributed by atoms with Crippen molar-refractivity contribution in [1.82, 2.24) is 0 Å². The van der Waals surface area contributed by atoms with Gasteiger partial charge in [-0.05, 0) is 47.6 Å². The van der Waals surface area contributed by atoms with Crippen molar-refractivity contribution in [2.75, 3.05) is 11.6 Å². The SMILES string of the molecule is CSc1cccc(NC(=O)c2cc(C(C)(C)C)ccc2O)c1. The number of amides is 1. The molecule has 0 radical (unpaired) electrons. The molecule has 0 aromatic heterocycles. The first-order valence-electron chi connectivity index (χ1n) is 7.10. The van der Waals surface area contributed by atoms with Crippen molar-refractivity contribution in [3.8, 4) is 5.75 Å². The Balaban J connectivity index is 2.29. The summed E-state index contributed by atoms with van der Waals surface area (Å²) in [6.45, 7) is 6.22. The second kappa shape index (κ2) is 6.44. The smallest absolute Gasteiger partial charge is 0.259 e. The normalized spacial score (nSPS) is 11.3. The Labute approximate surface area is 135 Å². The van der Waals surface area contributed by atoms with Crippen LogP contribution < -0.4 is 5.32 Å². The number of carbonyl (C=O) groups excluding carboxylic acids is 1. The van der Waals surface area contributed by atoms with E-state index >= 15 is 0 Å². The average molecular weight is 315 g/mol. The zero-order chi connectivity index (χ0) is 16.3. The Kier molecular flexibility index (Phi) is 4.81. The fraction of sp³-hybridized carbons (Fsp3) is 0.278. The van der Waals surface area contributed by atoms with E-state index in [4.69, 9.17) is 0 Å². The lowest BCUT2D eigenvalue weighted by atomic mass is 9.86. The molecule has 2 rings (SSSR count). The van der Waals surface area contributed by atoms with Gasteiger partial charge in [-0.3, -0.25) is 4.79 Å². The molecule has 0 atom stereocenters. The minimum atomic E-state index is -0.304. The molecule has 3 nitrogen and oxygen atoms in total. The maximum absolute atomic E-state index is 12.4. The quantitative estimate of drug-likeness (QED) is 0.810. The lowest BCUT2D eigenvalue weighted by molar-refractivity contribution is 0.102. The van der Waals surface area contributed by atoms with Gasteiger partial charge in [0.05, 0.1) is 5.56 Å². The number of thioether (sulfide) groups is 1. The molecule has 22 heavy (non-hydrogen) atoms. The first-order valence-corrected chi connectivity index (χ1v) is 8.32. The Bertz CT molecular complexity index is 690. The highest BCUT2D eigenvalue weighted by Crippen LogP contribution is 2.28. The third-order valence-electron chi connectivity index (χ3n) is 3.43. The summed E-state index contributed by atoms with van der Waals surface area (Å²) in [7, 11) is 0. The van der Waals surface area contributed by atoms with E-state index in [-0.39, 0.29) is 17.1 Å². The topological polar surface area (TPSA) is 49.3 Å². The molecule has 4 heteroatoms. The molecule has 2 N–H and O–H groups in total. The molecule has 0 fully saturated rings. The Morgan fingerprint density at radius 3 is 2.50 bits per heavy atom. The lowest BCUT2D eigenvalue weighted by Gasteiger charge is -2.20. The molecule has 0 aliphatic heterocycles. The molecule has 0 aliphatic rings. The number of carbonyl (C=O) groups is 1. The van der Waals surface area contributed by atoms with E-state index in [2.05, 4.69) is 26.1 Å². The number of rotatable bonds is 3. The summed E-state index contributed by atoms with van der Waals surface area (Å²) in [5, 5.41) is 12.8. The fourth-order valence-corrected chi connectivity index (χ4v) is 2.54. The average Bonchev–Trinajstić information content (AvgIpc) is 2.46. The number of benzene rings is 2. The predicted octanol–water partition coefficient (Wildman–Crippen LogP) is 4.66. The van der Waals surface area contributed by atoms with Gasteiger partial charge in [-0.2, -0.15) is 0 Å². The number of anilines is 1. The van der Waals surface area contributed by atoms with Crippen LogP contribution in [0.5, 0.6) is 5.75 Å². The van der Waals surface area contributed by atoms with Gasteiger partial charge in [0, 0.05) is 10.6 Å². The molecule has 0 unspecified atom stereocenters. The summed E-state index contributed by atoms with van der Waals surface area (Å²) in [5.74, 6) is -0.312. The van der Waals surface area contributed by atoms with Crippen LogP contribution in [0, 0.1) is 0 Å². The van der Waals surface area contributed by atoms with Crippen molar-refractivity contribution in [3.05, 3.63) is 53.6 Å². The molecule has 0 spiro atoms. The monoisotopic (exact) mass is 315 g/mol. The fourth-order valence-electron chi connectivity index (χ4n) is 2.08. The van der Waals surface area contributed by atoms with Gasteiger partial charge in [0.25, 0.3) is 5.91 Å². The largest absolute Gasteiger partial charge is 0.507 e. The Morgan fingerprint density at radius 1 is 1.14 bits per heavy atom. The van der Waals surface area contributed by atoms with Gasteiger partial charge in [-0.15, -0.1) is 11.8 Å². The van der Waals surface area contributed by atoms with Crippen LogP contribution in [-0.4, -0.2) is 17.3 Å². The van der Waals surface area contributed by atoms with Gasteiger partial charge < -0.3 is 10.4 Å². The molecule has 2 aromatic rings. The van der Waals surface area contributed by atoms with E-state index in [0.717, 1.165) is 16.1 Å². The molecule has 1 amide bonds. The third-order valence-corrected chi connectivity index (χ3v) is 4.16. The molecular weight excluding hydrogens is 294 g/mol. The molecule has 0 heterocycles. The standard InChI is InChI=1S/C18H21NO2S/c1-18(2,3)12-8-9-16(20)15(10-12)17(21)19-13-6-5-7-14(11-13)22-4/h5-11,20H,1-4H3,(H,19,21). The summed E-state index contributed by atoms with van der Waals surface area (Å²) in [5.41, 5.74) is 1.94. The van der Waals surface area contributed by atoms with Crippen LogP contribution in [-0.2, 0) is 5.41 Å². The van der Waals surface area contributed by atoms with Crippen molar-refractivity contribution in [3.63, 3.8) is 0 Å². The Hall–Kier alpha value is -1.94. The van der Waals surface area contributed by atoms with Crippen molar-refractivity contribution in [2.24, 2.45) is 0 Å². The van der Waals surface area contributed by atoms with Crippen LogP contribution in [0.25, 0.3) is 0 Å². The van der Waals surface area contributed by atoms with Crippen molar-refractivity contribution < 1.29 is 9.90 Å². The van der Waals surface area contributed by atoms with E-state index in [1.54, 1.807) is 23.9 Å². The summed E-state index contributed by atoms with van der Waals surface area (Å²) >= 11 is 1.61. The van der Waals surface area contributed by atoms with Crippen LogP contribution in [0.3, 0.4) is 0 Å². The van der Waals surface area contributed by atoms with Crippen LogP contribution in [0.2, 0.25) is 0 Å². The van der Waals surface area contributed by atoms with E-state index < -0.39 is 0 Å². The van der Waals surface area contributed by atoms with Gasteiger partial charge in [-0.25, -0.2) is 0 Å². The number of phenols is 1. The summed E-state index contributed by atoms with van der Waals surface area (Å²) in [4.78, 5) is 13.5. The van der Waals surface area contributed by atoms with Crippen molar-refractivity contribution in [2.45, 2.75) is 31.1 Å². The molecule has 116 valence electrons. The molecule has 0 saturated carbocycles. The number of hydrogen-bond donors (Lipinski definition) is 2. The van der Waals surface area contributed by atoms with Crippen LogP contribution in [0.1, 0.15) is 36.7 Å². The molecule has 0 saturated heterocycles. The second-order valence-corrected chi connectivity index (χ2v) is 7.05. The summed E-state index contributed by atoms with van der Waals surface area (Å²) in [6, 6.07) is 12.8. The first kappa shape index (κ1) is 16.4. The zero-order valence-corrected chi connectivity index (χ0v) is 14.1. The molecule has 0 bridgehead atoms. The first-order chi connectivity index (χ1) is 10.3. The van der Waals surface area contributed by atoms with Crippen molar-refractivity contribution in [1.29, 1.82) is 0 Å². The van der Waals surface area contributed by atoms with E-state index in [1.165, 1.54) is 0 Å². The van der Waals surface area contributed by atoms with Gasteiger partial charge in [0.15, 0.2) is 0 Å². The van der Waals surface area contributed by atoms with Crippen LogP contribution >= 0.6 is 11.8 Å². The highest BCUT2D eigenvalue weighted by atomic mass is 32.2. The van der Waals surface area contributed by atoms with Crippen LogP contribution in [0.4, 0.5) is 5.69 Å². The molecule has 2 aromatic carbocycles. The van der Waals surface area contributed by atoms with E-state index in [9.17, 15) is 9.90 Å². The second-order valence-electron chi connectivity index (χ2n) is 6.17. The van der Waals surface area contributed by atoms with E-state index in [1.807, 2.05) is 36.6 Å². The van der Waals surface area contributed by atoms with Gasteiger partial charge in [0.1, 0.15) is 5.75 Å². The summed E-state index contributed by atoms with van der Waals surface area (Å²) < 4.78 is 0. The third kappa shape index (κ3) is 3.83. The number of phenolic OH excluding ortho intramolecular Hbond substituents is 1. The lowest BCUT2D eigenvalue weighted by Crippen LogP contribution is -2.16. The number of nitrogens with one attached hydrogen (secondary N) is 1. The zero-order valence-electron chi connectivity index (χ0n) is 13.3. The minimum Gasteiger partial charge on any atom is -0.507 e. The van der Waals surface area contributed by atoms with Gasteiger partial charge >= 0.3 is 0 Å². The minimum absolute atomic E-state index is 0.00785.